The number of hydrogen-bond donors (Lipinski definition) is 0. The molecule has 2 atom stereocenters. The Balaban J connectivity index is -0.000000152. The first-order valence-corrected chi connectivity index (χ1v) is 15.8. The van der Waals surface area contributed by atoms with Crippen LogP contribution in [0.1, 0.15) is 119 Å². The number of hydrogen-bond acceptors (Lipinski definition) is 8. The number of carbonyl (C=O) groups is 2. The van der Waals surface area contributed by atoms with E-state index in [1.54, 1.807) is 0 Å². The van der Waals surface area contributed by atoms with Crippen LogP contribution in [0.3, 0.4) is 0 Å². The fourth-order valence-corrected chi connectivity index (χ4v) is 2.37. The molecule has 6 nitrogen and oxygen atoms in total. The number of unbranched alkanes of at least 4 members (excludes halogenated alkanes) is 4. The molecule has 0 fully saturated rings. The summed E-state index contributed by atoms with van der Waals surface area (Å²) in [5, 5.41) is 0. The maximum absolute atomic E-state index is 11.0. The van der Waals surface area contributed by atoms with Crippen molar-refractivity contribution >= 4 is 61.1 Å². The van der Waals surface area contributed by atoms with Gasteiger partial charge in [-0.25, -0.2) is 0 Å². The Kier molecular flexibility index (Phi) is 57.0. The molecule has 0 aromatic carbocycles. The standard InChI is InChI=1S/2C11H22O3S.2C4H9.Sn/c2*1-3-5-7-13-10(4-2)9-14-11(12)6-8-15;2*1-3-4-2;/h2*10,15H,3-9H2,1-2H3;2*1,3-4H2,2H3;/q;;;;+2/p-2. The molecule has 2 unspecified atom stereocenters. The summed E-state index contributed by atoms with van der Waals surface area (Å²) in [4.78, 5) is 22.1. The molecule has 0 aromatic heterocycles. The van der Waals surface area contributed by atoms with E-state index in [2.05, 4.69) is 41.5 Å². The van der Waals surface area contributed by atoms with Gasteiger partial charge in [0.2, 0.25) is 0 Å². The Bertz CT molecular complexity index is 415. The minimum Gasteiger partial charge on any atom is -0.792 e. The molecule has 0 aliphatic rings. The predicted octanol–water partition coefficient (Wildman–Crippen LogP) is 6.98. The zero-order valence-corrected chi connectivity index (χ0v) is 30.5. The molecule has 9 heteroatoms. The molecule has 0 spiro atoms. The van der Waals surface area contributed by atoms with Crippen LogP contribution in [0, 0.1) is 13.8 Å². The van der Waals surface area contributed by atoms with Crippen molar-refractivity contribution in [1.82, 2.24) is 0 Å². The maximum Gasteiger partial charge on any atom is 2.00 e. The van der Waals surface area contributed by atoms with Gasteiger partial charge in [-0.2, -0.15) is 11.5 Å². The van der Waals surface area contributed by atoms with E-state index in [0.717, 1.165) is 64.6 Å². The van der Waals surface area contributed by atoms with Gasteiger partial charge in [-0.05, 0) is 25.7 Å². The molecule has 0 rings (SSSR count). The fourth-order valence-electron chi connectivity index (χ4n) is 2.04. The summed E-state index contributed by atoms with van der Waals surface area (Å²) in [7, 11) is 0. The van der Waals surface area contributed by atoms with Crippen LogP contribution in [0.25, 0.3) is 0 Å². The summed E-state index contributed by atoms with van der Waals surface area (Å²) in [5.41, 5.74) is 0. The third kappa shape index (κ3) is 48.4. The van der Waals surface area contributed by atoms with Gasteiger partial charge in [0.25, 0.3) is 0 Å². The van der Waals surface area contributed by atoms with Gasteiger partial charge in [-0.15, -0.1) is 0 Å². The van der Waals surface area contributed by atoms with Crippen LogP contribution in [-0.4, -0.2) is 86.0 Å². The minimum atomic E-state index is -0.220. The quantitative estimate of drug-likeness (QED) is 0.0584. The molecule has 0 saturated carbocycles. The second-order valence-electron chi connectivity index (χ2n) is 8.49. The van der Waals surface area contributed by atoms with Crippen molar-refractivity contribution in [2.24, 2.45) is 0 Å². The molecule has 0 aliphatic carbocycles. The molecule has 0 amide bonds. The van der Waals surface area contributed by atoms with Crippen LogP contribution in [0.2, 0.25) is 0 Å². The first-order valence-electron chi connectivity index (χ1n) is 14.6. The van der Waals surface area contributed by atoms with Gasteiger partial charge in [0.15, 0.2) is 0 Å². The zero-order valence-electron chi connectivity index (χ0n) is 26.1. The van der Waals surface area contributed by atoms with Crippen LogP contribution < -0.4 is 0 Å². The predicted molar refractivity (Wildman–Crippen MR) is 172 cm³/mol. The summed E-state index contributed by atoms with van der Waals surface area (Å²) in [6.45, 7) is 21.9. The van der Waals surface area contributed by atoms with E-state index in [9.17, 15) is 9.59 Å². The first-order chi connectivity index (χ1) is 18.3. The molecule has 0 heterocycles. The molecule has 232 valence electrons. The van der Waals surface area contributed by atoms with Crippen LogP contribution in [-0.2, 0) is 53.8 Å². The Morgan fingerprint density at radius 2 is 0.949 bits per heavy atom. The topological polar surface area (TPSA) is 71.1 Å². The van der Waals surface area contributed by atoms with Crippen molar-refractivity contribution in [2.75, 3.05) is 37.9 Å². The molecule has 0 bridgehead atoms. The van der Waals surface area contributed by atoms with Gasteiger partial charge in [0, 0.05) is 26.1 Å². The van der Waals surface area contributed by atoms with Crippen molar-refractivity contribution in [2.45, 2.75) is 131 Å². The fraction of sp³-hybridized carbons (Fsp3) is 0.867. The summed E-state index contributed by atoms with van der Waals surface area (Å²) in [5.74, 6) is 0.406. The van der Waals surface area contributed by atoms with Crippen LogP contribution in [0.15, 0.2) is 0 Å². The summed E-state index contributed by atoms with van der Waals surface area (Å²) in [6.07, 6.45) is 11.3. The smallest absolute Gasteiger partial charge is 0.792 e. The average Bonchev–Trinajstić information content (AvgIpc) is 2.93. The summed E-state index contributed by atoms with van der Waals surface area (Å²) >= 11 is 9.38. The van der Waals surface area contributed by atoms with Gasteiger partial charge in [-0.3, -0.25) is 9.59 Å². The van der Waals surface area contributed by atoms with Crippen LogP contribution in [0.4, 0.5) is 0 Å². The van der Waals surface area contributed by atoms with Gasteiger partial charge >= 0.3 is 35.8 Å². The number of esters is 2. The molecule has 4 radical (unpaired) electrons. The van der Waals surface area contributed by atoms with Gasteiger partial charge < -0.3 is 44.2 Å². The van der Waals surface area contributed by atoms with E-state index in [1.165, 1.54) is 12.8 Å². The summed E-state index contributed by atoms with van der Waals surface area (Å²) < 4.78 is 21.2. The second kappa shape index (κ2) is 45.3. The van der Waals surface area contributed by atoms with Crippen molar-refractivity contribution in [3.05, 3.63) is 13.8 Å². The Hall–Kier alpha value is 0.359. The molecule has 0 saturated heterocycles. The Labute approximate surface area is 271 Å². The average molecular weight is 700 g/mol. The molecule has 0 aliphatic heterocycles. The van der Waals surface area contributed by atoms with E-state index in [0.29, 0.717) is 37.6 Å². The van der Waals surface area contributed by atoms with Gasteiger partial charge in [0.05, 0.1) is 12.2 Å². The SMILES string of the molecule is CCCCOC(CC)COC(=O)CC[S-].CCCCOC(CC)COC(=O)CC[S-].[CH2]CCC.[CH2]CCC.[Sn+2]. The van der Waals surface area contributed by atoms with Crippen LogP contribution in [0.5, 0.6) is 0 Å². The molecule has 39 heavy (non-hydrogen) atoms. The molecule has 0 N–H and O–H groups in total. The third-order valence-electron chi connectivity index (χ3n) is 4.79. The zero-order chi connectivity index (χ0) is 29.9. The van der Waals surface area contributed by atoms with Crippen molar-refractivity contribution in [1.29, 1.82) is 0 Å². The van der Waals surface area contributed by atoms with E-state index in [4.69, 9.17) is 44.2 Å². The van der Waals surface area contributed by atoms with E-state index in [-0.39, 0.29) is 48.1 Å². The summed E-state index contributed by atoms with van der Waals surface area (Å²) in [6, 6.07) is 0. The monoisotopic (exact) mass is 700 g/mol. The van der Waals surface area contributed by atoms with E-state index >= 15 is 0 Å². The number of rotatable bonds is 20. The maximum atomic E-state index is 11.0. The molecular weight excluding hydrogens is 639 g/mol. The first kappa shape index (κ1) is 49.1. The van der Waals surface area contributed by atoms with E-state index < -0.39 is 0 Å². The van der Waals surface area contributed by atoms with E-state index in [1.807, 2.05) is 13.8 Å². The Morgan fingerprint density at radius 1 is 0.641 bits per heavy atom. The molecular formula is C30H60O6S2Sn. The van der Waals surface area contributed by atoms with Crippen LogP contribution >= 0.6 is 0 Å². The van der Waals surface area contributed by atoms with Crippen molar-refractivity contribution in [3.63, 3.8) is 0 Å². The number of carbonyl (C=O) groups excluding carboxylic acids is 2. The largest absolute Gasteiger partial charge is 2.00 e. The minimum absolute atomic E-state index is 0. The Morgan fingerprint density at radius 3 is 1.15 bits per heavy atom. The number of ether oxygens (including phenoxy) is 4. The molecule has 0 aromatic rings. The van der Waals surface area contributed by atoms with Crippen molar-refractivity contribution in [3.8, 4) is 0 Å². The third-order valence-corrected chi connectivity index (χ3v) is 5.20. The van der Waals surface area contributed by atoms with Crippen molar-refractivity contribution < 1.29 is 28.5 Å². The van der Waals surface area contributed by atoms with Gasteiger partial charge in [0.1, 0.15) is 13.2 Å². The normalized spacial score (nSPS) is 11.1. The van der Waals surface area contributed by atoms with Gasteiger partial charge in [-0.1, -0.05) is 93.9 Å². The second-order valence-corrected chi connectivity index (χ2v) is 9.31.